The van der Waals surface area contributed by atoms with Crippen molar-refractivity contribution < 1.29 is 0 Å². The van der Waals surface area contributed by atoms with Gasteiger partial charge in [0.05, 0.1) is 17.2 Å². The van der Waals surface area contributed by atoms with Gasteiger partial charge in [0.15, 0.2) is 0 Å². The molecule has 0 fully saturated rings. The minimum Gasteiger partial charge on any atom is -0.325 e. The van der Waals surface area contributed by atoms with E-state index < -0.39 is 5.41 Å². The summed E-state index contributed by atoms with van der Waals surface area (Å²) in [6.45, 7) is 7.69. The number of nitrogens with two attached hydrogens (primary N) is 1. The summed E-state index contributed by atoms with van der Waals surface area (Å²) in [5.74, 6) is 0. The Balaban J connectivity index is 2.23. The molecule has 1 aromatic carbocycles. The molecule has 3 N–H and O–H groups in total. The molecule has 1 heterocycles. The zero-order valence-corrected chi connectivity index (χ0v) is 16.0. The highest BCUT2D eigenvalue weighted by Gasteiger charge is 2.26. The Labute approximate surface area is 159 Å². The van der Waals surface area contributed by atoms with E-state index >= 15 is 0 Å². The number of nitriles is 1. The third kappa shape index (κ3) is 4.81. The molecular weight excluding hydrogens is 336 g/mol. The smallest absolute Gasteiger partial charge is 0.251 e. The fraction of sp³-hybridized carbons (Fsp3) is 0.318. The van der Waals surface area contributed by atoms with Crippen molar-refractivity contribution in [3.63, 3.8) is 0 Å². The van der Waals surface area contributed by atoms with Crippen LogP contribution in [0.2, 0.25) is 0 Å². The summed E-state index contributed by atoms with van der Waals surface area (Å²) in [5, 5.41) is 10.7. The molecule has 0 aliphatic rings. The van der Waals surface area contributed by atoms with Crippen LogP contribution in [0.15, 0.2) is 58.0 Å². The molecule has 140 valence electrons. The fourth-order valence-corrected chi connectivity index (χ4v) is 2.95. The van der Waals surface area contributed by atoms with E-state index in [2.05, 4.69) is 22.8 Å². The van der Waals surface area contributed by atoms with Gasteiger partial charge in [-0.15, -0.1) is 0 Å². The zero-order chi connectivity index (χ0) is 19.9. The largest absolute Gasteiger partial charge is 0.325 e. The average Bonchev–Trinajstić information content (AvgIpc) is 2.69. The number of aliphatic imine (C=N–C) groups is 1. The first-order valence-corrected chi connectivity index (χ1v) is 9.07. The van der Waals surface area contributed by atoms with Crippen LogP contribution in [0.1, 0.15) is 37.8 Å². The maximum Gasteiger partial charge on any atom is 0.251 e. The van der Waals surface area contributed by atoms with Crippen molar-refractivity contribution in [2.24, 2.45) is 10.7 Å². The van der Waals surface area contributed by atoms with Crippen molar-refractivity contribution >= 4 is 17.6 Å². The number of H-pyrrole nitrogens is 1. The van der Waals surface area contributed by atoms with Gasteiger partial charge in [-0.05, 0) is 62.1 Å². The molecule has 1 aromatic heterocycles. The Kier molecular flexibility index (Phi) is 6.86. The van der Waals surface area contributed by atoms with Crippen LogP contribution in [0.5, 0.6) is 0 Å². The molecule has 1 atom stereocenters. The number of aromatic nitrogens is 1. The van der Waals surface area contributed by atoms with Crippen molar-refractivity contribution in [3.05, 3.63) is 69.7 Å². The summed E-state index contributed by atoms with van der Waals surface area (Å²) in [4.78, 5) is 18.8. The third-order valence-electron chi connectivity index (χ3n) is 4.84. The summed E-state index contributed by atoms with van der Waals surface area (Å²) in [6.07, 6.45) is 7.79. The van der Waals surface area contributed by atoms with Gasteiger partial charge in [-0.25, -0.2) is 0 Å². The number of nitrogens with one attached hydrogen (secondary N) is 1. The van der Waals surface area contributed by atoms with Crippen molar-refractivity contribution in [2.45, 2.75) is 38.5 Å². The van der Waals surface area contributed by atoms with Crippen molar-refractivity contribution in [2.75, 3.05) is 6.54 Å². The molecule has 1 unspecified atom stereocenters. The number of hydrogen-bond donors (Lipinski definition) is 2. The van der Waals surface area contributed by atoms with Crippen molar-refractivity contribution in [3.8, 4) is 6.07 Å². The SMILES string of the molecule is C=N/C(=C\C=C/CCC(C)(C#N)c1ccc2cc(CC)c(=O)[nH]c2c1)CN. The number of pyridine rings is 1. The number of aromatic amines is 1. The normalized spacial score (nSPS) is 14.2. The van der Waals surface area contributed by atoms with Gasteiger partial charge in [-0.1, -0.05) is 31.2 Å². The lowest BCUT2D eigenvalue weighted by Gasteiger charge is -2.22. The van der Waals surface area contributed by atoms with E-state index in [4.69, 9.17) is 5.73 Å². The first-order valence-electron chi connectivity index (χ1n) is 9.07. The second kappa shape index (κ2) is 9.11. The molecule has 0 aliphatic carbocycles. The highest BCUT2D eigenvalue weighted by atomic mass is 16.1. The van der Waals surface area contributed by atoms with Gasteiger partial charge in [-0.2, -0.15) is 5.26 Å². The molecule has 0 radical (unpaired) electrons. The molecule has 5 heteroatoms. The topological polar surface area (TPSA) is 95.0 Å². The molecule has 0 saturated heterocycles. The van der Waals surface area contributed by atoms with Crippen LogP contribution in [0.25, 0.3) is 10.9 Å². The van der Waals surface area contributed by atoms with Gasteiger partial charge >= 0.3 is 0 Å². The van der Waals surface area contributed by atoms with Crippen molar-refractivity contribution in [1.29, 1.82) is 5.26 Å². The zero-order valence-electron chi connectivity index (χ0n) is 16.0. The number of allylic oxidation sites excluding steroid dienone is 3. The molecule has 27 heavy (non-hydrogen) atoms. The lowest BCUT2D eigenvalue weighted by molar-refractivity contribution is 0.560. The summed E-state index contributed by atoms with van der Waals surface area (Å²) in [6, 6.07) is 10.2. The van der Waals surface area contributed by atoms with Crippen LogP contribution in [0.3, 0.4) is 0 Å². The van der Waals surface area contributed by atoms with E-state index in [0.717, 1.165) is 34.1 Å². The number of rotatable bonds is 8. The molecule has 0 amide bonds. The minimum absolute atomic E-state index is 0.0675. The number of benzene rings is 1. The van der Waals surface area contributed by atoms with Gasteiger partial charge in [-0.3, -0.25) is 9.79 Å². The van der Waals surface area contributed by atoms with Gasteiger partial charge in [0.2, 0.25) is 0 Å². The quantitative estimate of drug-likeness (QED) is 0.553. The maximum atomic E-state index is 12.1. The number of nitrogens with zero attached hydrogens (tertiary/aromatic N) is 2. The summed E-state index contributed by atoms with van der Waals surface area (Å²) in [5.41, 5.74) is 7.97. The van der Waals surface area contributed by atoms with E-state index in [1.54, 1.807) is 0 Å². The van der Waals surface area contributed by atoms with Gasteiger partial charge in [0.25, 0.3) is 5.56 Å². The Morgan fingerprint density at radius 1 is 1.44 bits per heavy atom. The fourth-order valence-electron chi connectivity index (χ4n) is 2.95. The molecular formula is C22H26N4O. The number of aryl methyl sites for hydroxylation is 1. The van der Waals surface area contributed by atoms with Crippen LogP contribution in [-0.2, 0) is 11.8 Å². The third-order valence-corrected chi connectivity index (χ3v) is 4.84. The molecule has 2 aromatic rings. The Morgan fingerprint density at radius 2 is 2.22 bits per heavy atom. The van der Waals surface area contributed by atoms with Gasteiger partial charge < -0.3 is 10.7 Å². The minimum atomic E-state index is -0.643. The lowest BCUT2D eigenvalue weighted by atomic mass is 9.79. The summed E-state index contributed by atoms with van der Waals surface area (Å²) in [7, 11) is 0. The van der Waals surface area contributed by atoms with E-state index in [1.165, 1.54) is 0 Å². The van der Waals surface area contributed by atoms with Crippen molar-refractivity contribution in [1.82, 2.24) is 4.98 Å². The Bertz CT molecular complexity index is 978. The average molecular weight is 362 g/mol. The second-order valence-electron chi connectivity index (χ2n) is 6.71. The Hall–Kier alpha value is -2.97. The molecule has 0 aliphatic heterocycles. The van der Waals surface area contributed by atoms with Crippen LogP contribution >= 0.6 is 0 Å². The Morgan fingerprint density at radius 3 is 2.85 bits per heavy atom. The highest BCUT2D eigenvalue weighted by molar-refractivity contribution is 5.80. The molecule has 0 spiro atoms. The lowest BCUT2D eigenvalue weighted by Crippen LogP contribution is -2.19. The van der Waals surface area contributed by atoms with E-state index in [9.17, 15) is 10.1 Å². The molecule has 0 bridgehead atoms. The first kappa shape index (κ1) is 20.3. The standard InChI is InChI=1S/C22H26N4O/c1-4-16-12-17-9-10-18(13-20(17)26-21(16)27)22(2,15-24)11-7-5-6-8-19(14-23)25-3/h5-6,8-10,12-13H,3-4,7,11,14,23H2,1-2H3,(H,26,27)/b6-5-,19-8-. The van der Waals surface area contributed by atoms with Crippen LogP contribution in [-0.4, -0.2) is 18.2 Å². The van der Waals surface area contributed by atoms with Crippen LogP contribution in [0.4, 0.5) is 0 Å². The predicted octanol–water partition coefficient (Wildman–Crippen LogP) is 3.75. The van der Waals surface area contributed by atoms with E-state index in [0.29, 0.717) is 19.4 Å². The molecule has 2 rings (SSSR count). The van der Waals surface area contributed by atoms with E-state index in [-0.39, 0.29) is 5.56 Å². The van der Waals surface area contributed by atoms with Crippen LogP contribution in [0, 0.1) is 11.3 Å². The first-order chi connectivity index (χ1) is 13.0. The van der Waals surface area contributed by atoms with Gasteiger partial charge in [0.1, 0.15) is 0 Å². The van der Waals surface area contributed by atoms with E-state index in [1.807, 2.05) is 56.3 Å². The number of fused-ring (bicyclic) bond motifs is 1. The van der Waals surface area contributed by atoms with Gasteiger partial charge in [0, 0.05) is 17.6 Å². The second-order valence-corrected chi connectivity index (χ2v) is 6.71. The van der Waals surface area contributed by atoms with Crippen LogP contribution < -0.4 is 11.3 Å². The monoisotopic (exact) mass is 362 g/mol. The number of hydrogen-bond acceptors (Lipinski definition) is 4. The molecule has 0 saturated carbocycles. The summed E-state index contributed by atoms with van der Waals surface area (Å²) < 4.78 is 0. The molecule has 5 nitrogen and oxygen atoms in total. The predicted molar refractivity (Wildman–Crippen MR) is 112 cm³/mol. The maximum absolute atomic E-state index is 12.1. The highest BCUT2D eigenvalue weighted by Crippen LogP contribution is 2.30. The summed E-state index contributed by atoms with van der Waals surface area (Å²) >= 11 is 0.